The summed E-state index contributed by atoms with van der Waals surface area (Å²) in [5, 5.41) is 5.95. The molecule has 4 nitrogen and oxygen atoms in total. The third-order valence-corrected chi connectivity index (χ3v) is 2.30. The Hall–Kier alpha value is -0.610. The maximum atomic E-state index is 11.3. The number of amides is 1. The van der Waals surface area contributed by atoms with Gasteiger partial charge in [0.2, 0.25) is 5.91 Å². The first-order chi connectivity index (χ1) is 7.72. The molecule has 0 aromatic carbocycles. The maximum Gasteiger partial charge on any atom is 0.236 e. The van der Waals surface area contributed by atoms with Gasteiger partial charge in [0.15, 0.2) is 0 Å². The zero-order valence-corrected chi connectivity index (χ0v) is 10.8. The summed E-state index contributed by atoms with van der Waals surface area (Å²) in [7, 11) is 0. The van der Waals surface area contributed by atoms with Crippen LogP contribution in [0.25, 0.3) is 0 Å². The van der Waals surface area contributed by atoms with Crippen molar-refractivity contribution < 1.29 is 9.53 Å². The molecule has 0 saturated heterocycles. The second-order valence-electron chi connectivity index (χ2n) is 3.89. The normalized spacial score (nSPS) is 12.4. The molecular weight excluding hydrogens is 204 g/mol. The van der Waals surface area contributed by atoms with E-state index in [4.69, 9.17) is 4.74 Å². The van der Waals surface area contributed by atoms with E-state index in [1.54, 1.807) is 0 Å². The van der Waals surface area contributed by atoms with Crippen LogP contribution >= 0.6 is 0 Å². The molecule has 0 heterocycles. The van der Waals surface area contributed by atoms with Gasteiger partial charge in [0.25, 0.3) is 0 Å². The molecule has 16 heavy (non-hydrogen) atoms. The Morgan fingerprint density at radius 1 is 1.25 bits per heavy atom. The van der Waals surface area contributed by atoms with E-state index in [-0.39, 0.29) is 11.9 Å². The standard InChI is InChI=1S/C12H26N2O2/c1-4-6-9-16-10-7-8-14-11(3)12(15)13-5-2/h11,14H,4-10H2,1-3H3,(H,13,15). The van der Waals surface area contributed by atoms with Crippen LogP contribution in [0.1, 0.15) is 40.0 Å². The van der Waals surface area contributed by atoms with E-state index in [1.807, 2.05) is 13.8 Å². The Morgan fingerprint density at radius 2 is 1.94 bits per heavy atom. The van der Waals surface area contributed by atoms with Gasteiger partial charge in [0, 0.05) is 19.8 Å². The van der Waals surface area contributed by atoms with Gasteiger partial charge in [-0.2, -0.15) is 0 Å². The molecule has 4 heteroatoms. The van der Waals surface area contributed by atoms with Crippen molar-refractivity contribution in [3.8, 4) is 0 Å². The largest absolute Gasteiger partial charge is 0.381 e. The summed E-state index contributed by atoms with van der Waals surface area (Å²) in [4.78, 5) is 11.3. The maximum absolute atomic E-state index is 11.3. The van der Waals surface area contributed by atoms with Crippen molar-refractivity contribution in [2.45, 2.75) is 46.1 Å². The molecule has 0 radical (unpaired) electrons. The summed E-state index contributed by atoms with van der Waals surface area (Å²) in [6, 6.07) is -0.115. The molecule has 0 rings (SSSR count). The minimum absolute atomic E-state index is 0.0643. The van der Waals surface area contributed by atoms with Crippen molar-refractivity contribution in [1.29, 1.82) is 0 Å². The minimum atomic E-state index is -0.115. The second kappa shape index (κ2) is 10.9. The average molecular weight is 230 g/mol. The van der Waals surface area contributed by atoms with Crippen LogP contribution in [-0.2, 0) is 9.53 Å². The van der Waals surface area contributed by atoms with Gasteiger partial charge in [0.1, 0.15) is 0 Å². The Bertz CT molecular complexity index is 174. The topological polar surface area (TPSA) is 50.4 Å². The van der Waals surface area contributed by atoms with E-state index in [0.717, 1.165) is 32.6 Å². The van der Waals surface area contributed by atoms with Crippen LogP contribution in [0.4, 0.5) is 0 Å². The van der Waals surface area contributed by atoms with Crippen LogP contribution < -0.4 is 10.6 Å². The van der Waals surface area contributed by atoms with E-state index in [0.29, 0.717) is 6.54 Å². The Morgan fingerprint density at radius 3 is 2.56 bits per heavy atom. The predicted molar refractivity (Wildman–Crippen MR) is 66.5 cm³/mol. The van der Waals surface area contributed by atoms with Gasteiger partial charge in [-0.1, -0.05) is 13.3 Å². The van der Waals surface area contributed by atoms with Crippen LogP contribution in [0.2, 0.25) is 0 Å². The molecule has 1 unspecified atom stereocenters. The van der Waals surface area contributed by atoms with Crippen molar-refractivity contribution >= 4 is 5.91 Å². The molecule has 0 aliphatic rings. The number of rotatable bonds is 10. The van der Waals surface area contributed by atoms with E-state index in [1.165, 1.54) is 6.42 Å². The molecule has 1 amide bonds. The van der Waals surface area contributed by atoms with Crippen molar-refractivity contribution in [3.05, 3.63) is 0 Å². The summed E-state index contributed by atoms with van der Waals surface area (Å²) < 4.78 is 5.42. The lowest BCUT2D eigenvalue weighted by atomic mass is 10.3. The number of carbonyl (C=O) groups is 1. The lowest BCUT2D eigenvalue weighted by Gasteiger charge is -2.13. The lowest BCUT2D eigenvalue weighted by molar-refractivity contribution is -0.122. The number of likely N-dealkylation sites (N-methyl/N-ethyl adjacent to an activating group) is 1. The highest BCUT2D eigenvalue weighted by Crippen LogP contribution is 1.90. The first-order valence-electron chi connectivity index (χ1n) is 6.31. The summed E-state index contributed by atoms with van der Waals surface area (Å²) >= 11 is 0. The van der Waals surface area contributed by atoms with Gasteiger partial charge in [0.05, 0.1) is 6.04 Å². The SMILES string of the molecule is CCCCOCCCNC(C)C(=O)NCC. The van der Waals surface area contributed by atoms with Crippen molar-refractivity contribution in [1.82, 2.24) is 10.6 Å². The lowest BCUT2D eigenvalue weighted by Crippen LogP contribution is -2.42. The summed E-state index contributed by atoms with van der Waals surface area (Å²) in [5.74, 6) is 0.0643. The van der Waals surface area contributed by atoms with Gasteiger partial charge in [-0.25, -0.2) is 0 Å². The fourth-order valence-corrected chi connectivity index (χ4v) is 1.26. The fourth-order valence-electron chi connectivity index (χ4n) is 1.26. The van der Waals surface area contributed by atoms with Gasteiger partial charge < -0.3 is 15.4 Å². The molecule has 0 aliphatic heterocycles. The third-order valence-electron chi connectivity index (χ3n) is 2.30. The number of ether oxygens (including phenoxy) is 1. The molecule has 96 valence electrons. The number of unbranched alkanes of at least 4 members (excludes halogenated alkanes) is 1. The smallest absolute Gasteiger partial charge is 0.236 e. The molecule has 0 aromatic rings. The first-order valence-corrected chi connectivity index (χ1v) is 6.31. The first kappa shape index (κ1) is 15.4. The third kappa shape index (κ3) is 8.68. The van der Waals surface area contributed by atoms with Crippen LogP contribution in [-0.4, -0.2) is 38.3 Å². The highest BCUT2D eigenvalue weighted by molar-refractivity contribution is 5.81. The zero-order chi connectivity index (χ0) is 12.2. The van der Waals surface area contributed by atoms with Crippen molar-refractivity contribution in [3.63, 3.8) is 0 Å². The monoisotopic (exact) mass is 230 g/mol. The quantitative estimate of drug-likeness (QED) is 0.556. The van der Waals surface area contributed by atoms with Crippen LogP contribution in [0, 0.1) is 0 Å². The summed E-state index contributed by atoms with van der Waals surface area (Å²) in [6.07, 6.45) is 3.25. The van der Waals surface area contributed by atoms with Crippen LogP contribution in [0.3, 0.4) is 0 Å². The van der Waals surface area contributed by atoms with E-state index >= 15 is 0 Å². The molecule has 0 saturated carbocycles. The zero-order valence-electron chi connectivity index (χ0n) is 10.8. The van der Waals surface area contributed by atoms with Gasteiger partial charge in [-0.05, 0) is 33.2 Å². The van der Waals surface area contributed by atoms with E-state index in [2.05, 4.69) is 17.6 Å². The predicted octanol–water partition coefficient (Wildman–Crippen LogP) is 1.31. The molecular formula is C12H26N2O2. The molecule has 0 aromatic heterocycles. The Kier molecular flexibility index (Phi) is 10.5. The van der Waals surface area contributed by atoms with E-state index < -0.39 is 0 Å². The van der Waals surface area contributed by atoms with Gasteiger partial charge in [-0.3, -0.25) is 4.79 Å². The Labute approximate surface area is 99.1 Å². The summed E-state index contributed by atoms with van der Waals surface area (Å²) in [6.45, 7) is 9.08. The highest BCUT2D eigenvalue weighted by Gasteiger charge is 2.09. The number of hydrogen-bond acceptors (Lipinski definition) is 3. The van der Waals surface area contributed by atoms with Gasteiger partial charge >= 0.3 is 0 Å². The number of hydrogen-bond donors (Lipinski definition) is 2. The van der Waals surface area contributed by atoms with Crippen molar-refractivity contribution in [2.75, 3.05) is 26.3 Å². The average Bonchev–Trinajstić information content (AvgIpc) is 2.28. The van der Waals surface area contributed by atoms with Crippen LogP contribution in [0.15, 0.2) is 0 Å². The van der Waals surface area contributed by atoms with Crippen molar-refractivity contribution in [2.24, 2.45) is 0 Å². The number of carbonyl (C=O) groups excluding carboxylic acids is 1. The molecule has 0 fully saturated rings. The molecule has 0 bridgehead atoms. The highest BCUT2D eigenvalue weighted by atomic mass is 16.5. The summed E-state index contributed by atoms with van der Waals surface area (Å²) in [5.41, 5.74) is 0. The van der Waals surface area contributed by atoms with Crippen LogP contribution in [0.5, 0.6) is 0 Å². The molecule has 0 aliphatic carbocycles. The van der Waals surface area contributed by atoms with E-state index in [9.17, 15) is 4.79 Å². The van der Waals surface area contributed by atoms with Gasteiger partial charge in [-0.15, -0.1) is 0 Å². The molecule has 1 atom stereocenters. The number of nitrogens with one attached hydrogen (secondary N) is 2. The Balaban J connectivity index is 3.27. The molecule has 2 N–H and O–H groups in total. The molecule has 0 spiro atoms. The minimum Gasteiger partial charge on any atom is -0.381 e. The second-order valence-corrected chi connectivity index (χ2v) is 3.89. The fraction of sp³-hybridized carbons (Fsp3) is 0.917.